The van der Waals surface area contributed by atoms with Crippen molar-refractivity contribution in [1.29, 1.82) is 0 Å². The first-order valence-electron chi connectivity index (χ1n) is 8.29. The Morgan fingerprint density at radius 2 is 1.50 bits per heavy atom. The summed E-state index contributed by atoms with van der Waals surface area (Å²) in [5.74, 6) is 2.39. The molecular formula is C20H27NO3. The van der Waals surface area contributed by atoms with E-state index in [9.17, 15) is 0 Å². The molecule has 0 aliphatic rings. The van der Waals surface area contributed by atoms with Gasteiger partial charge in [-0.25, -0.2) is 0 Å². The number of rotatable bonds is 8. The lowest BCUT2D eigenvalue weighted by Crippen LogP contribution is -2.05. The van der Waals surface area contributed by atoms with Gasteiger partial charge < -0.3 is 19.9 Å². The van der Waals surface area contributed by atoms with Gasteiger partial charge in [0.05, 0.1) is 20.3 Å². The van der Waals surface area contributed by atoms with Crippen molar-refractivity contribution in [3.05, 3.63) is 47.0 Å². The third kappa shape index (κ3) is 4.57. The number of methoxy groups -OCH3 is 1. The number of hydrogen-bond acceptors (Lipinski definition) is 4. The molecule has 0 aliphatic carbocycles. The summed E-state index contributed by atoms with van der Waals surface area (Å²) in [5, 5.41) is 0. The van der Waals surface area contributed by atoms with Crippen LogP contribution in [0.5, 0.6) is 17.2 Å². The number of aryl methyl sites for hydroxylation is 2. The summed E-state index contributed by atoms with van der Waals surface area (Å²) < 4.78 is 17.0. The van der Waals surface area contributed by atoms with Crippen LogP contribution in [0.15, 0.2) is 30.3 Å². The van der Waals surface area contributed by atoms with Crippen LogP contribution in [0.1, 0.15) is 29.5 Å². The number of anilines is 1. The summed E-state index contributed by atoms with van der Waals surface area (Å²) in [6.07, 6.45) is 1.85. The molecule has 0 spiro atoms. The van der Waals surface area contributed by atoms with Gasteiger partial charge in [0.25, 0.3) is 0 Å². The van der Waals surface area contributed by atoms with Gasteiger partial charge in [0, 0.05) is 11.8 Å². The molecule has 0 heterocycles. The number of unbranched alkanes of at least 4 members (excludes halogenated alkanes) is 1. The topological polar surface area (TPSA) is 53.7 Å². The van der Waals surface area contributed by atoms with Crippen molar-refractivity contribution < 1.29 is 14.2 Å². The van der Waals surface area contributed by atoms with Gasteiger partial charge in [-0.2, -0.15) is 0 Å². The Hall–Kier alpha value is -2.36. The largest absolute Gasteiger partial charge is 0.493 e. The Morgan fingerprint density at radius 1 is 0.833 bits per heavy atom. The number of ether oxygens (including phenoxy) is 3. The maximum Gasteiger partial charge on any atom is 0.162 e. The fraction of sp³-hybridized carbons (Fsp3) is 0.400. The molecule has 24 heavy (non-hydrogen) atoms. The molecular weight excluding hydrogens is 302 g/mol. The van der Waals surface area contributed by atoms with Crippen LogP contribution < -0.4 is 19.9 Å². The van der Waals surface area contributed by atoms with Crippen LogP contribution in [-0.4, -0.2) is 20.3 Å². The molecule has 0 amide bonds. The van der Waals surface area contributed by atoms with E-state index in [2.05, 4.69) is 32.9 Å². The van der Waals surface area contributed by atoms with Crippen molar-refractivity contribution in [3.8, 4) is 17.2 Å². The number of nitrogen functional groups attached to an aromatic ring is 1. The van der Waals surface area contributed by atoms with Crippen molar-refractivity contribution in [3.63, 3.8) is 0 Å². The lowest BCUT2D eigenvalue weighted by molar-refractivity contribution is 0.257. The summed E-state index contributed by atoms with van der Waals surface area (Å²) in [6, 6.07) is 9.65. The van der Waals surface area contributed by atoms with Crippen molar-refractivity contribution >= 4 is 5.69 Å². The van der Waals surface area contributed by atoms with Gasteiger partial charge in [0.1, 0.15) is 5.75 Å². The molecule has 0 aromatic heterocycles. The SMILES string of the molecule is COc1cc(N)ccc1OCCCCOc1c(C)ccc(C)c1C. The van der Waals surface area contributed by atoms with Crippen molar-refractivity contribution in [2.45, 2.75) is 33.6 Å². The summed E-state index contributed by atoms with van der Waals surface area (Å²) in [7, 11) is 1.61. The van der Waals surface area contributed by atoms with Crippen LogP contribution >= 0.6 is 0 Å². The van der Waals surface area contributed by atoms with Gasteiger partial charge in [0.15, 0.2) is 11.5 Å². The van der Waals surface area contributed by atoms with Gasteiger partial charge in [-0.15, -0.1) is 0 Å². The second-order valence-electron chi connectivity index (χ2n) is 5.97. The highest BCUT2D eigenvalue weighted by Gasteiger charge is 2.07. The maximum atomic E-state index is 5.96. The van der Waals surface area contributed by atoms with E-state index in [0.717, 1.165) is 24.3 Å². The summed E-state index contributed by atoms with van der Waals surface area (Å²) in [6.45, 7) is 7.60. The molecule has 2 aromatic rings. The van der Waals surface area contributed by atoms with Crippen LogP contribution in [0.25, 0.3) is 0 Å². The zero-order valence-corrected chi connectivity index (χ0v) is 15.0. The minimum Gasteiger partial charge on any atom is -0.493 e. The van der Waals surface area contributed by atoms with Gasteiger partial charge >= 0.3 is 0 Å². The standard InChI is InChI=1S/C20H27NO3/c1-14-7-8-15(2)20(16(14)3)24-12-6-5-11-23-18-10-9-17(21)13-19(18)22-4/h7-10,13H,5-6,11-12,21H2,1-4H3. The third-order valence-corrected chi connectivity index (χ3v) is 4.10. The molecule has 4 nitrogen and oxygen atoms in total. The predicted molar refractivity (Wildman–Crippen MR) is 98.3 cm³/mol. The van der Waals surface area contributed by atoms with Crippen LogP contribution in [0.2, 0.25) is 0 Å². The van der Waals surface area contributed by atoms with Crippen LogP contribution in [-0.2, 0) is 0 Å². The van der Waals surface area contributed by atoms with E-state index in [0.29, 0.717) is 24.7 Å². The molecule has 0 unspecified atom stereocenters. The van der Waals surface area contributed by atoms with E-state index in [-0.39, 0.29) is 0 Å². The molecule has 0 saturated heterocycles. The average Bonchev–Trinajstić information content (AvgIpc) is 2.58. The zero-order valence-electron chi connectivity index (χ0n) is 15.0. The zero-order chi connectivity index (χ0) is 17.5. The van der Waals surface area contributed by atoms with E-state index >= 15 is 0 Å². The highest BCUT2D eigenvalue weighted by molar-refractivity contribution is 5.51. The lowest BCUT2D eigenvalue weighted by Gasteiger charge is -2.14. The minimum atomic E-state index is 0.620. The number of benzene rings is 2. The van der Waals surface area contributed by atoms with E-state index in [1.54, 1.807) is 13.2 Å². The highest BCUT2D eigenvalue weighted by Crippen LogP contribution is 2.29. The molecule has 0 radical (unpaired) electrons. The van der Waals surface area contributed by atoms with Crippen molar-refractivity contribution in [1.82, 2.24) is 0 Å². The van der Waals surface area contributed by atoms with Gasteiger partial charge in [-0.05, 0) is 62.4 Å². The third-order valence-electron chi connectivity index (χ3n) is 4.10. The molecule has 0 bridgehead atoms. The average molecular weight is 329 g/mol. The number of nitrogens with two attached hydrogens (primary N) is 1. The smallest absolute Gasteiger partial charge is 0.162 e. The van der Waals surface area contributed by atoms with Crippen molar-refractivity contribution in [2.24, 2.45) is 0 Å². The summed E-state index contributed by atoms with van der Waals surface area (Å²) in [4.78, 5) is 0. The Labute approximate surface area is 144 Å². The molecule has 2 aromatic carbocycles. The van der Waals surface area contributed by atoms with E-state index in [1.165, 1.54) is 16.7 Å². The molecule has 0 aliphatic heterocycles. The van der Waals surface area contributed by atoms with Gasteiger partial charge in [0.2, 0.25) is 0 Å². The molecule has 0 saturated carbocycles. The van der Waals surface area contributed by atoms with Crippen LogP contribution in [0.3, 0.4) is 0 Å². The molecule has 2 N–H and O–H groups in total. The highest BCUT2D eigenvalue weighted by atomic mass is 16.5. The first kappa shape index (κ1) is 18.0. The molecule has 2 rings (SSSR count). The van der Waals surface area contributed by atoms with Crippen LogP contribution in [0.4, 0.5) is 5.69 Å². The van der Waals surface area contributed by atoms with E-state index in [4.69, 9.17) is 19.9 Å². The van der Waals surface area contributed by atoms with Gasteiger partial charge in [-0.3, -0.25) is 0 Å². The first-order valence-corrected chi connectivity index (χ1v) is 8.29. The maximum absolute atomic E-state index is 5.96. The van der Waals surface area contributed by atoms with E-state index in [1.807, 2.05) is 12.1 Å². The lowest BCUT2D eigenvalue weighted by atomic mass is 10.1. The Morgan fingerprint density at radius 3 is 2.21 bits per heavy atom. The summed E-state index contributed by atoms with van der Waals surface area (Å²) in [5.41, 5.74) is 10.1. The normalized spacial score (nSPS) is 10.5. The Balaban J connectivity index is 1.76. The van der Waals surface area contributed by atoms with E-state index < -0.39 is 0 Å². The quantitative estimate of drug-likeness (QED) is 0.574. The summed E-state index contributed by atoms with van der Waals surface area (Å²) >= 11 is 0. The second kappa shape index (κ2) is 8.48. The predicted octanol–water partition coefficient (Wildman–Crippen LogP) is 4.44. The Bertz CT molecular complexity index is 683. The Kier molecular flexibility index (Phi) is 6.36. The molecule has 130 valence electrons. The molecule has 0 atom stereocenters. The fourth-order valence-electron chi connectivity index (χ4n) is 2.51. The number of hydrogen-bond donors (Lipinski definition) is 1. The van der Waals surface area contributed by atoms with Crippen LogP contribution in [0, 0.1) is 20.8 Å². The minimum absolute atomic E-state index is 0.620. The monoisotopic (exact) mass is 329 g/mol. The van der Waals surface area contributed by atoms with Gasteiger partial charge in [-0.1, -0.05) is 12.1 Å². The molecule has 0 fully saturated rings. The molecule has 4 heteroatoms. The fourth-order valence-corrected chi connectivity index (χ4v) is 2.51. The van der Waals surface area contributed by atoms with Crippen molar-refractivity contribution in [2.75, 3.05) is 26.1 Å². The first-order chi connectivity index (χ1) is 11.5. The second-order valence-corrected chi connectivity index (χ2v) is 5.97.